The first kappa shape index (κ1) is 11.9. The summed E-state index contributed by atoms with van der Waals surface area (Å²) in [6.07, 6.45) is 2.63. The van der Waals surface area contributed by atoms with Crippen LogP contribution in [-0.4, -0.2) is 35.1 Å². The van der Waals surface area contributed by atoms with E-state index in [1.165, 1.54) is 0 Å². The van der Waals surface area contributed by atoms with Crippen molar-refractivity contribution >= 4 is 11.8 Å². The number of aryl methyl sites for hydroxylation is 1. The summed E-state index contributed by atoms with van der Waals surface area (Å²) < 4.78 is 6.80. The molecule has 0 aliphatic carbocycles. The van der Waals surface area contributed by atoms with Crippen LogP contribution in [0.15, 0.2) is 6.20 Å². The number of hydrogen-bond acceptors (Lipinski definition) is 4. The van der Waals surface area contributed by atoms with Gasteiger partial charge in [-0.2, -0.15) is 5.10 Å². The molecule has 1 aliphatic heterocycles. The van der Waals surface area contributed by atoms with E-state index in [0.717, 1.165) is 12.0 Å². The molecule has 1 atom stereocenters. The first-order valence-electron chi connectivity index (χ1n) is 5.57. The standard InChI is InChI=1S/C10H17N5O2/c1-15-5-7(4-11)9(14-15)13-10(16)12-8-2-3-17-6-8/h5,8H,2-4,6,11H2,1H3,(H2,12,13,14,16). The number of hydrogen-bond donors (Lipinski definition) is 3. The molecule has 94 valence electrons. The van der Waals surface area contributed by atoms with Gasteiger partial charge in [0.15, 0.2) is 5.82 Å². The number of carbonyl (C=O) groups excluding carboxylic acids is 1. The Bertz CT molecular complexity index is 397. The van der Waals surface area contributed by atoms with Gasteiger partial charge in [-0.05, 0) is 6.42 Å². The fourth-order valence-electron chi connectivity index (χ4n) is 1.77. The van der Waals surface area contributed by atoms with Gasteiger partial charge in [-0.25, -0.2) is 4.79 Å². The van der Waals surface area contributed by atoms with Gasteiger partial charge in [-0.15, -0.1) is 0 Å². The molecule has 1 unspecified atom stereocenters. The molecule has 1 aliphatic rings. The lowest BCUT2D eigenvalue weighted by Crippen LogP contribution is -2.38. The fraction of sp³-hybridized carbons (Fsp3) is 0.600. The number of carbonyl (C=O) groups is 1. The second-order valence-electron chi connectivity index (χ2n) is 4.04. The second-order valence-corrected chi connectivity index (χ2v) is 4.04. The van der Waals surface area contributed by atoms with Crippen LogP contribution in [0.1, 0.15) is 12.0 Å². The third-order valence-electron chi connectivity index (χ3n) is 2.62. The van der Waals surface area contributed by atoms with Gasteiger partial charge in [0.1, 0.15) is 0 Å². The van der Waals surface area contributed by atoms with Crippen molar-refractivity contribution in [2.45, 2.75) is 19.0 Å². The molecule has 2 heterocycles. The molecule has 17 heavy (non-hydrogen) atoms. The Morgan fingerprint density at radius 3 is 3.24 bits per heavy atom. The van der Waals surface area contributed by atoms with Crippen LogP contribution in [0.2, 0.25) is 0 Å². The zero-order valence-electron chi connectivity index (χ0n) is 9.77. The maximum atomic E-state index is 11.7. The summed E-state index contributed by atoms with van der Waals surface area (Å²) in [6.45, 7) is 1.61. The Hall–Kier alpha value is -1.60. The number of nitrogens with two attached hydrogens (primary N) is 1. The van der Waals surface area contributed by atoms with Crippen molar-refractivity contribution in [2.75, 3.05) is 18.5 Å². The summed E-state index contributed by atoms with van der Waals surface area (Å²) >= 11 is 0. The van der Waals surface area contributed by atoms with Crippen LogP contribution in [0, 0.1) is 0 Å². The average molecular weight is 239 g/mol. The van der Waals surface area contributed by atoms with Gasteiger partial charge in [0.2, 0.25) is 0 Å². The molecular formula is C10H17N5O2. The molecule has 0 radical (unpaired) electrons. The van der Waals surface area contributed by atoms with Crippen molar-refractivity contribution in [1.82, 2.24) is 15.1 Å². The monoisotopic (exact) mass is 239 g/mol. The average Bonchev–Trinajstić information content (AvgIpc) is 2.88. The first-order chi connectivity index (χ1) is 8.19. The number of amides is 2. The van der Waals surface area contributed by atoms with Crippen molar-refractivity contribution in [3.8, 4) is 0 Å². The molecule has 1 aromatic heterocycles. The summed E-state index contributed by atoms with van der Waals surface area (Å²) in [6, 6.07) is -0.186. The van der Waals surface area contributed by atoms with Crippen LogP contribution < -0.4 is 16.4 Å². The highest BCUT2D eigenvalue weighted by Crippen LogP contribution is 2.11. The molecule has 0 saturated carbocycles. The molecule has 2 amide bonds. The van der Waals surface area contributed by atoms with Gasteiger partial charge in [0, 0.05) is 32.0 Å². The van der Waals surface area contributed by atoms with E-state index in [1.807, 2.05) is 0 Å². The molecule has 1 saturated heterocycles. The summed E-state index contributed by atoms with van der Waals surface area (Å²) in [5, 5.41) is 9.64. The van der Waals surface area contributed by atoms with Crippen LogP contribution in [0.4, 0.5) is 10.6 Å². The third kappa shape index (κ3) is 2.95. The molecular weight excluding hydrogens is 222 g/mol. The molecule has 0 bridgehead atoms. The molecule has 2 rings (SSSR count). The van der Waals surface area contributed by atoms with Crippen molar-refractivity contribution < 1.29 is 9.53 Å². The molecule has 0 spiro atoms. The SMILES string of the molecule is Cn1cc(CN)c(NC(=O)NC2CCOC2)n1. The van der Waals surface area contributed by atoms with Crippen LogP contribution >= 0.6 is 0 Å². The van der Waals surface area contributed by atoms with Crippen molar-refractivity contribution in [3.05, 3.63) is 11.8 Å². The minimum atomic E-state index is -0.270. The van der Waals surface area contributed by atoms with Crippen LogP contribution in [-0.2, 0) is 18.3 Å². The van der Waals surface area contributed by atoms with Gasteiger partial charge >= 0.3 is 6.03 Å². The third-order valence-corrected chi connectivity index (χ3v) is 2.62. The molecule has 7 nitrogen and oxygen atoms in total. The lowest BCUT2D eigenvalue weighted by molar-refractivity contribution is 0.189. The van der Waals surface area contributed by atoms with E-state index in [9.17, 15) is 4.79 Å². The van der Waals surface area contributed by atoms with Crippen molar-refractivity contribution in [1.29, 1.82) is 0 Å². The van der Waals surface area contributed by atoms with E-state index < -0.39 is 0 Å². The Kier molecular flexibility index (Phi) is 3.60. The van der Waals surface area contributed by atoms with Crippen LogP contribution in [0.5, 0.6) is 0 Å². The maximum Gasteiger partial charge on any atom is 0.320 e. The highest BCUT2D eigenvalue weighted by Gasteiger charge is 2.18. The number of nitrogens with zero attached hydrogens (tertiary/aromatic N) is 2. The molecule has 7 heteroatoms. The number of aromatic nitrogens is 2. The van der Waals surface area contributed by atoms with Crippen LogP contribution in [0.25, 0.3) is 0 Å². The number of rotatable bonds is 3. The fourth-order valence-corrected chi connectivity index (χ4v) is 1.77. The molecule has 0 aromatic carbocycles. The Morgan fingerprint density at radius 1 is 1.76 bits per heavy atom. The minimum Gasteiger partial charge on any atom is -0.379 e. The normalized spacial score (nSPS) is 19.3. The first-order valence-corrected chi connectivity index (χ1v) is 5.57. The van der Waals surface area contributed by atoms with Gasteiger partial charge in [0.25, 0.3) is 0 Å². The van der Waals surface area contributed by atoms with E-state index in [4.69, 9.17) is 10.5 Å². The largest absolute Gasteiger partial charge is 0.379 e. The highest BCUT2D eigenvalue weighted by molar-refractivity contribution is 5.89. The second kappa shape index (κ2) is 5.15. The number of urea groups is 1. The zero-order valence-corrected chi connectivity index (χ0v) is 9.77. The van der Waals surface area contributed by atoms with E-state index >= 15 is 0 Å². The Balaban J connectivity index is 1.92. The van der Waals surface area contributed by atoms with Crippen molar-refractivity contribution in [2.24, 2.45) is 12.8 Å². The van der Waals surface area contributed by atoms with Crippen LogP contribution in [0.3, 0.4) is 0 Å². The molecule has 4 N–H and O–H groups in total. The minimum absolute atomic E-state index is 0.0834. The molecule has 1 aromatic rings. The maximum absolute atomic E-state index is 11.7. The van der Waals surface area contributed by atoms with Gasteiger partial charge in [0.05, 0.1) is 12.6 Å². The highest BCUT2D eigenvalue weighted by atomic mass is 16.5. The predicted octanol–water partition coefficient (Wildman–Crippen LogP) is -0.211. The van der Waals surface area contributed by atoms with Gasteiger partial charge < -0.3 is 15.8 Å². The summed E-state index contributed by atoms with van der Waals surface area (Å²) in [5.41, 5.74) is 6.37. The Morgan fingerprint density at radius 2 is 2.59 bits per heavy atom. The number of nitrogens with one attached hydrogen (secondary N) is 2. The molecule has 1 fully saturated rings. The lowest BCUT2D eigenvalue weighted by Gasteiger charge is -2.11. The van der Waals surface area contributed by atoms with Gasteiger partial charge in [-0.1, -0.05) is 0 Å². The zero-order chi connectivity index (χ0) is 12.3. The number of ether oxygens (including phenoxy) is 1. The van der Waals surface area contributed by atoms with Crippen molar-refractivity contribution in [3.63, 3.8) is 0 Å². The van der Waals surface area contributed by atoms with E-state index in [-0.39, 0.29) is 12.1 Å². The summed E-state index contributed by atoms with van der Waals surface area (Å²) in [7, 11) is 1.78. The number of anilines is 1. The van der Waals surface area contributed by atoms with E-state index in [2.05, 4.69) is 15.7 Å². The van der Waals surface area contributed by atoms with Gasteiger partial charge in [-0.3, -0.25) is 10.00 Å². The lowest BCUT2D eigenvalue weighted by atomic mass is 10.3. The summed E-state index contributed by atoms with van der Waals surface area (Å²) in [5.74, 6) is 0.506. The van der Waals surface area contributed by atoms with E-state index in [1.54, 1.807) is 17.9 Å². The topological polar surface area (TPSA) is 94.2 Å². The van der Waals surface area contributed by atoms with E-state index in [0.29, 0.717) is 25.6 Å². The predicted molar refractivity (Wildman–Crippen MR) is 62.5 cm³/mol. The smallest absolute Gasteiger partial charge is 0.320 e. The Labute approximate surface area is 99.3 Å². The quantitative estimate of drug-likeness (QED) is 0.680. The summed E-state index contributed by atoms with van der Waals surface area (Å²) in [4.78, 5) is 11.7.